The highest BCUT2D eigenvalue weighted by Crippen LogP contribution is 2.44. The van der Waals surface area contributed by atoms with Crippen molar-refractivity contribution in [3.8, 4) is 0 Å². The van der Waals surface area contributed by atoms with Crippen LogP contribution in [0.25, 0.3) is 0 Å². The van der Waals surface area contributed by atoms with Crippen molar-refractivity contribution in [2.75, 3.05) is 13.2 Å². The Kier molecular flexibility index (Phi) is 4.16. The van der Waals surface area contributed by atoms with Crippen LogP contribution in [0.2, 0.25) is 0 Å². The zero-order chi connectivity index (χ0) is 13.7. The van der Waals surface area contributed by atoms with Gasteiger partial charge in [0.25, 0.3) is 0 Å². The van der Waals surface area contributed by atoms with E-state index < -0.39 is 11.8 Å². The molecule has 1 aliphatic carbocycles. The molecule has 1 aliphatic rings. The van der Waals surface area contributed by atoms with Crippen molar-refractivity contribution < 1.29 is 14.7 Å². The molecule has 3 N–H and O–H groups in total. The minimum Gasteiger partial charge on any atom is -0.396 e. The molecule has 102 valence electrons. The van der Waals surface area contributed by atoms with Crippen molar-refractivity contribution in [1.29, 1.82) is 0 Å². The van der Waals surface area contributed by atoms with Crippen molar-refractivity contribution in [3.05, 3.63) is 35.9 Å². The first-order chi connectivity index (χ1) is 9.15. The first-order valence-corrected chi connectivity index (χ1v) is 6.36. The standard InChI is InChI=1S/C14H18N2O3/c17-10-14(6-7-14)9-16-13(19)12(18)15-8-11-4-2-1-3-5-11/h1-5,17H,6-10H2,(H,15,18)(H,16,19). The van der Waals surface area contributed by atoms with Gasteiger partial charge in [-0.2, -0.15) is 0 Å². The first kappa shape index (κ1) is 13.5. The lowest BCUT2D eigenvalue weighted by molar-refractivity contribution is -0.139. The molecule has 0 heterocycles. The van der Waals surface area contributed by atoms with E-state index in [1.807, 2.05) is 30.3 Å². The molecule has 0 bridgehead atoms. The molecule has 1 aromatic rings. The predicted octanol–water partition coefficient (Wildman–Crippen LogP) is 0.191. The van der Waals surface area contributed by atoms with Gasteiger partial charge in [-0.1, -0.05) is 30.3 Å². The second-order valence-corrected chi connectivity index (χ2v) is 5.01. The predicted molar refractivity (Wildman–Crippen MR) is 70.1 cm³/mol. The third kappa shape index (κ3) is 3.79. The fourth-order valence-corrected chi connectivity index (χ4v) is 1.77. The summed E-state index contributed by atoms with van der Waals surface area (Å²) in [6.45, 7) is 0.748. The maximum atomic E-state index is 11.6. The highest BCUT2D eigenvalue weighted by molar-refractivity contribution is 6.35. The van der Waals surface area contributed by atoms with Crippen LogP contribution < -0.4 is 10.6 Å². The van der Waals surface area contributed by atoms with E-state index in [2.05, 4.69) is 10.6 Å². The lowest BCUT2D eigenvalue weighted by atomic mass is 10.1. The van der Waals surface area contributed by atoms with E-state index in [-0.39, 0.29) is 12.0 Å². The van der Waals surface area contributed by atoms with Gasteiger partial charge in [0.05, 0.1) is 6.61 Å². The Morgan fingerprint density at radius 1 is 1.11 bits per heavy atom. The SMILES string of the molecule is O=C(NCc1ccccc1)C(=O)NCC1(CO)CC1. The van der Waals surface area contributed by atoms with Crippen LogP contribution in [0.1, 0.15) is 18.4 Å². The summed E-state index contributed by atoms with van der Waals surface area (Å²) in [6, 6.07) is 9.40. The number of hydrogen-bond acceptors (Lipinski definition) is 3. The van der Waals surface area contributed by atoms with Gasteiger partial charge in [-0.15, -0.1) is 0 Å². The van der Waals surface area contributed by atoms with Crippen LogP contribution in [-0.2, 0) is 16.1 Å². The van der Waals surface area contributed by atoms with Crippen molar-refractivity contribution in [3.63, 3.8) is 0 Å². The second kappa shape index (κ2) is 5.84. The number of nitrogens with one attached hydrogen (secondary N) is 2. The molecule has 2 rings (SSSR count). The van der Waals surface area contributed by atoms with E-state index in [9.17, 15) is 9.59 Å². The minimum absolute atomic E-state index is 0.0545. The number of carbonyl (C=O) groups excluding carboxylic acids is 2. The minimum atomic E-state index is -0.643. The van der Waals surface area contributed by atoms with Crippen molar-refractivity contribution in [1.82, 2.24) is 10.6 Å². The highest BCUT2D eigenvalue weighted by atomic mass is 16.3. The smallest absolute Gasteiger partial charge is 0.309 e. The molecule has 0 aliphatic heterocycles. The topological polar surface area (TPSA) is 78.4 Å². The Hall–Kier alpha value is -1.88. The molecule has 5 heteroatoms. The number of rotatable bonds is 5. The van der Waals surface area contributed by atoms with E-state index in [1.54, 1.807) is 0 Å². The second-order valence-electron chi connectivity index (χ2n) is 5.01. The third-order valence-corrected chi connectivity index (χ3v) is 3.42. The molecule has 5 nitrogen and oxygen atoms in total. The zero-order valence-corrected chi connectivity index (χ0v) is 10.7. The van der Waals surface area contributed by atoms with Crippen molar-refractivity contribution in [2.45, 2.75) is 19.4 Å². The van der Waals surface area contributed by atoms with Crippen molar-refractivity contribution >= 4 is 11.8 Å². The molecule has 0 unspecified atom stereocenters. The highest BCUT2D eigenvalue weighted by Gasteiger charge is 2.42. The maximum absolute atomic E-state index is 11.6. The fraction of sp³-hybridized carbons (Fsp3) is 0.429. The molecule has 1 fully saturated rings. The summed E-state index contributed by atoms with van der Waals surface area (Å²) in [7, 11) is 0. The van der Waals surface area contributed by atoms with E-state index in [1.165, 1.54) is 0 Å². The quantitative estimate of drug-likeness (QED) is 0.663. The van der Waals surface area contributed by atoms with E-state index in [4.69, 9.17) is 5.11 Å². The van der Waals surface area contributed by atoms with Crippen molar-refractivity contribution in [2.24, 2.45) is 5.41 Å². The molecule has 0 saturated heterocycles. The van der Waals surface area contributed by atoms with Gasteiger partial charge in [-0.05, 0) is 18.4 Å². The van der Waals surface area contributed by atoms with Gasteiger partial charge in [0, 0.05) is 18.5 Å². The molecular formula is C14H18N2O3. The molecular weight excluding hydrogens is 244 g/mol. The number of aliphatic hydroxyl groups excluding tert-OH is 1. The fourth-order valence-electron chi connectivity index (χ4n) is 1.77. The number of amides is 2. The van der Waals surface area contributed by atoms with Crippen LogP contribution in [0.5, 0.6) is 0 Å². The van der Waals surface area contributed by atoms with Gasteiger partial charge in [-0.3, -0.25) is 9.59 Å². The van der Waals surface area contributed by atoms with Gasteiger partial charge >= 0.3 is 11.8 Å². The molecule has 1 aromatic carbocycles. The average molecular weight is 262 g/mol. The van der Waals surface area contributed by atoms with Gasteiger partial charge in [0.2, 0.25) is 0 Å². The Morgan fingerprint density at radius 3 is 2.32 bits per heavy atom. The Balaban J connectivity index is 1.72. The van der Waals surface area contributed by atoms with Gasteiger partial charge in [0.1, 0.15) is 0 Å². The molecule has 1 saturated carbocycles. The monoisotopic (exact) mass is 262 g/mol. The molecule has 0 spiro atoms. The summed E-state index contributed by atoms with van der Waals surface area (Å²) < 4.78 is 0. The van der Waals surface area contributed by atoms with Crippen LogP contribution in [0.4, 0.5) is 0 Å². The summed E-state index contributed by atoms with van der Waals surface area (Å²) in [6.07, 6.45) is 1.80. The molecule has 0 aromatic heterocycles. The lowest BCUT2D eigenvalue weighted by Gasteiger charge is -2.12. The maximum Gasteiger partial charge on any atom is 0.309 e. The average Bonchev–Trinajstić information content (AvgIpc) is 3.24. The first-order valence-electron chi connectivity index (χ1n) is 6.36. The van der Waals surface area contributed by atoms with E-state index >= 15 is 0 Å². The third-order valence-electron chi connectivity index (χ3n) is 3.42. The molecule has 2 amide bonds. The lowest BCUT2D eigenvalue weighted by Crippen LogP contribution is -2.42. The summed E-state index contributed by atoms with van der Waals surface area (Å²) >= 11 is 0. The van der Waals surface area contributed by atoms with Gasteiger partial charge in [0.15, 0.2) is 0 Å². The largest absolute Gasteiger partial charge is 0.396 e. The summed E-state index contributed by atoms with van der Waals surface area (Å²) in [5, 5.41) is 14.2. The summed E-state index contributed by atoms with van der Waals surface area (Å²) in [5.74, 6) is -1.28. The molecule has 0 atom stereocenters. The van der Waals surface area contributed by atoms with Crippen LogP contribution in [0, 0.1) is 5.41 Å². The van der Waals surface area contributed by atoms with Crippen LogP contribution in [0.15, 0.2) is 30.3 Å². The van der Waals surface area contributed by atoms with Gasteiger partial charge in [-0.25, -0.2) is 0 Å². The van der Waals surface area contributed by atoms with Crippen LogP contribution in [0.3, 0.4) is 0 Å². The van der Waals surface area contributed by atoms with Crippen LogP contribution >= 0.6 is 0 Å². The molecule has 19 heavy (non-hydrogen) atoms. The number of aliphatic hydroxyl groups is 1. The number of carbonyl (C=O) groups is 2. The van der Waals surface area contributed by atoms with E-state index in [0.717, 1.165) is 18.4 Å². The van der Waals surface area contributed by atoms with Crippen LogP contribution in [-0.4, -0.2) is 30.1 Å². The number of hydrogen-bond donors (Lipinski definition) is 3. The Labute approximate surface area is 112 Å². The summed E-state index contributed by atoms with van der Waals surface area (Å²) in [5.41, 5.74) is 0.757. The van der Waals surface area contributed by atoms with E-state index in [0.29, 0.717) is 13.1 Å². The Morgan fingerprint density at radius 2 is 1.74 bits per heavy atom. The van der Waals surface area contributed by atoms with Gasteiger partial charge < -0.3 is 15.7 Å². The Bertz CT molecular complexity index is 455. The number of benzene rings is 1. The zero-order valence-electron chi connectivity index (χ0n) is 10.7. The molecule has 0 radical (unpaired) electrons. The normalized spacial score (nSPS) is 15.6. The summed E-state index contributed by atoms with van der Waals surface area (Å²) in [4.78, 5) is 23.1.